The van der Waals surface area contributed by atoms with Crippen LogP contribution in [0.1, 0.15) is 0 Å². The third kappa shape index (κ3) is 2.07. The first-order chi connectivity index (χ1) is 8.43. The molecule has 18 heavy (non-hydrogen) atoms. The summed E-state index contributed by atoms with van der Waals surface area (Å²) < 4.78 is 24.9. The van der Waals surface area contributed by atoms with Crippen molar-refractivity contribution in [1.29, 1.82) is 0 Å². The van der Waals surface area contributed by atoms with Crippen molar-refractivity contribution < 1.29 is 23.1 Å². The molecular formula is C8H10N4O5S. The molecule has 10 heteroatoms. The van der Waals surface area contributed by atoms with Crippen LogP contribution in [0.15, 0.2) is 17.3 Å². The fourth-order valence-electron chi connectivity index (χ4n) is 1.60. The molecule has 1 fully saturated rings. The largest absolute Gasteiger partial charge is 0.480 e. The summed E-state index contributed by atoms with van der Waals surface area (Å²) in [6.45, 7) is -0.792. The molecule has 0 bridgehead atoms. The number of nitrogens with one attached hydrogen (secondary N) is 2. The first-order valence-corrected chi connectivity index (χ1v) is 6.37. The van der Waals surface area contributed by atoms with E-state index in [1.807, 2.05) is 0 Å². The van der Waals surface area contributed by atoms with E-state index in [4.69, 9.17) is 5.11 Å². The van der Waals surface area contributed by atoms with Crippen LogP contribution in [0.3, 0.4) is 0 Å². The van der Waals surface area contributed by atoms with Gasteiger partial charge in [0.1, 0.15) is 6.04 Å². The number of nitrogens with zero attached hydrogens (tertiary/aromatic N) is 2. The molecule has 1 aliphatic heterocycles. The van der Waals surface area contributed by atoms with Crippen molar-refractivity contribution in [2.45, 2.75) is 11.1 Å². The highest BCUT2D eigenvalue weighted by molar-refractivity contribution is 7.89. The van der Waals surface area contributed by atoms with Crippen molar-refractivity contribution in [3.05, 3.63) is 12.3 Å². The molecule has 0 saturated carbocycles. The SMILES string of the molecule is O=C1CN(S(=O)(=O)c2ccn[nH]2)C(C(=O)O)CN1. The average molecular weight is 274 g/mol. The molecule has 1 atom stereocenters. The number of amides is 1. The highest BCUT2D eigenvalue weighted by Crippen LogP contribution is 2.17. The minimum Gasteiger partial charge on any atom is -0.480 e. The van der Waals surface area contributed by atoms with Gasteiger partial charge in [-0.2, -0.15) is 9.40 Å². The van der Waals surface area contributed by atoms with Crippen molar-refractivity contribution in [1.82, 2.24) is 19.8 Å². The minimum atomic E-state index is -4.07. The third-order valence-corrected chi connectivity index (χ3v) is 4.27. The smallest absolute Gasteiger partial charge is 0.323 e. The van der Waals surface area contributed by atoms with Gasteiger partial charge >= 0.3 is 5.97 Å². The van der Waals surface area contributed by atoms with Crippen molar-refractivity contribution >= 4 is 21.9 Å². The molecule has 1 aromatic heterocycles. The molecule has 0 aromatic carbocycles. The lowest BCUT2D eigenvalue weighted by Gasteiger charge is -2.31. The number of sulfonamides is 1. The fourth-order valence-corrected chi connectivity index (χ4v) is 3.04. The van der Waals surface area contributed by atoms with Crippen LogP contribution >= 0.6 is 0 Å². The van der Waals surface area contributed by atoms with Crippen LogP contribution in [0.2, 0.25) is 0 Å². The normalized spacial score (nSPS) is 21.6. The van der Waals surface area contributed by atoms with Gasteiger partial charge in [0, 0.05) is 6.54 Å². The minimum absolute atomic E-state index is 0.247. The van der Waals surface area contributed by atoms with Gasteiger partial charge in [-0.3, -0.25) is 14.7 Å². The van der Waals surface area contributed by atoms with Crippen LogP contribution in [0, 0.1) is 0 Å². The molecule has 0 aliphatic carbocycles. The van der Waals surface area contributed by atoms with Gasteiger partial charge < -0.3 is 10.4 Å². The number of piperazine rings is 1. The zero-order valence-electron chi connectivity index (χ0n) is 9.03. The Labute approximate surface area is 102 Å². The van der Waals surface area contributed by atoms with Crippen molar-refractivity contribution in [2.24, 2.45) is 0 Å². The van der Waals surface area contributed by atoms with Crippen LogP contribution in [0.5, 0.6) is 0 Å². The quantitative estimate of drug-likeness (QED) is 0.583. The van der Waals surface area contributed by atoms with Gasteiger partial charge in [-0.05, 0) is 6.07 Å². The van der Waals surface area contributed by atoms with Gasteiger partial charge in [0.15, 0.2) is 5.03 Å². The Bertz CT molecular complexity index is 566. The predicted octanol–water partition coefficient (Wildman–Crippen LogP) is -2.02. The van der Waals surface area contributed by atoms with Crippen LogP contribution in [-0.2, 0) is 19.6 Å². The molecule has 0 spiro atoms. The van der Waals surface area contributed by atoms with Crippen LogP contribution in [-0.4, -0.2) is 59.0 Å². The molecule has 1 aromatic rings. The highest BCUT2D eigenvalue weighted by Gasteiger charge is 2.40. The fraction of sp³-hybridized carbons (Fsp3) is 0.375. The number of aliphatic carboxylic acids is 1. The first kappa shape index (κ1) is 12.5. The van der Waals surface area contributed by atoms with Crippen LogP contribution in [0.25, 0.3) is 0 Å². The molecule has 1 saturated heterocycles. The number of aromatic amines is 1. The maximum Gasteiger partial charge on any atom is 0.323 e. The summed E-state index contributed by atoms with van der Waals surface area (Å²) in [5, 5.41) is 16.8. The molecule has 1 amide bonds. The van der Waals surface area contributed by atoms with E-state index in [0.717, 1.165) is 0 Å². The number of carboxylic acid groups (broad SMARTS) is 1. The summed E-state index contributed by atoms with van der Waals surface area (Å²) >= 11 is 0. The van der Waals surface area contributed by atoms with Gasteiger partial charge in [0.05, 0.1) is 12.7 Å². The Morgan fingerprint density at radius 2 is 2.28 bits per heavy atom. The standard InChI is InChI=1S/C8H10N4O5S/c13-6-4-12(5(3-9-6)8(14)15)18(16,17)7-1-2-10-11-7/h1-2,5H,3-4H2,(H,9,13)(H,10,11)(H,14,15). The Kier molecular flexibility index (Phi) is 3.05. The van der Waals surface area contributed by atoms with Gasteiger partial charge in [-0.25, -0.2) is 8.42 Å². The van der Waals surface area contributed by atoms with Crippen LogP contribution in [0.4, 0.5) is 0 Å². The van der Waals surface area contributed by atoms with E-state index in [1.165, 1.54) is 12.3 Å². The molecule has 2 rings (SSSR count). The van der Waals surface area contributed by atoms with Crippen molar-refractivity contribution in [2.75, 3.05) is 13.1 Å². The number of carboxylic acids is 1. The lowest BCUT2D eigenvalue weighted by atomic mass is 10.2. The molecule has 0 radical (unpaired) electrons. The van der Waals surface area contributed by atoms with E-state index < -0.39 is 34.5 Å². The summed E-state index contributed by atoms with van der Waals surface area (Å²) in [5.41, 5.74) is 0. The molecule has 3 N–H and O–H groups in total. The summed E-state index contributed by atoms with van der Waals surface area (Å²) in [6, 6.07) is -0.128. The van der Waals surface area contributed by atoms with Crippen molar-refractivity contribution in [3.63, 3.8) is 0 Å². The van der Waals surface area contributed by atoms with E-state index in [2.05, 4.69) is 15.5 Å². The van der Waals surface area contributed by atoms with Gasteiger partial charge in [-0.15, -0.1) is 0 Å². The third-order valence-electron chi connectivity index (χ3n) is 2.49. The number of H-pyrrole nitrogens is 1. The zero-order valence-corrected chi connectivity index (χ0v) is 9.85. The molecule has 1 aliphatic rings. The topological polar surface area (TPSA) is 132 Å². The number of hydrogen-bond donors (Lipinski definition) is 3. The maximum absolute atomic E-state index is 12.1. The van der Waals surface area contributed by atoms with E-state index >= 15 is 0 Å². The van der Waals surface area contributed by atoms with Gasteiger partial charge in [0.2, 0.25) is 5.91 Å². The second-order valence-corrected chi connectivity index (χ2v) is 5.49. The number of carbonyl (C=O) groups is 2. The molecular weight excluding hydrogens is 264 g/mol. The second-order valence-electron chi connectivity index (χ2n) is 3.63. The summed E-state index contributed by atoms with van der Waals surface area (Å²) in [5.74, 6) is -1.87. The molecule has 1 unspecified atom stereocenters. The van der Waals surface area contributed by atoms with Gasteiger partial charge in [0.25, 0.3) is 10.0 Å². The van der Waals surface area contributed by atoms with E-state index in [0.29, 0.717) is 4.31 Å². The summed E-state index contributed by atoms with van der Waals surface area (Å²) in [4.78, 5) is 22.2. The Morgan fingerprint density at radius 3 is 2.83 bits per heavy atom. The first-order valence-electron chi connectivity index (χ1n) is 4.93. The Balaban J connectivity index is 2.39. The predicted molar refractivity (Wildman–Crippen MR) is 56.9 cm³/mol. The number of aromatic nitrogens is 2. The summed E-state index contributed by atoms with van der Waals surface area (Å²) in [7, 11) is -4.07. The second kappa shape index (κ2) is 4.38. The van der Waals surface area contributed by atoms with E-state index in [1.54, 1.807) is 0 Å². The zero-order chi connectivity index (χ0) is 13.3. The number of rotatable bonds is 3. The average Bonchev–Trinajstić information content (AvgIpc) is 2.82. The lowest BCUT2D eigenvalue weighted by molar-refractivity contribution is -0.143. The molecule has 98 valence electrons. The van der Waals surface area contributed by atoms with E-state index in [-0.39, 0.29) is 11.6 Å². The lowest BCUT2D eigenvalue weighted by Crippen LogP contribution is -2.59. The monoisotopic (exact) mass is 274 g/mol. The maximum atomic E-state index is 12.1. The number of carbonyl (C=O) groups excluding carboxylic acids is 1. The Morgan fingerprint density at radius 1 is 1.56 bits per heavy atom. The number of hydrogen-bond acceptors (Lipinski definition) is 5. The highest BCUT2D eigenvalue weighted by atomic mass is 32.2. The van der Waals surface area contributed by atoms with E-state index in [9.17, 15) is 18.0 Å². The molecule has 2 heterocycles. The van der Waals surface area contributed by atoms with Gasteiger partial charge in [-0.1, -0.05) is 0 Å². The summed E-state index contributed by atoms with van der Waals surface area (Å²) in [6.07, 6.45) is 1.23. The Hall–Kier alpha value is -1.94. The molecule has 9 nitrogen and oxygen atoms in total. The van der Waals surface area contributed by atoms with Crippen molar-refractivity contribution in [3.8, 4) is 0 Å². The van der Waals surface area contributed by atoms with Crippen LogP contribution < -0.4 is 5.32 Å².